The molecule has 1 fully saturated rings. The topological polar surface area (TPSA) is 91.0 Å². The highest BCUT2D eigenvalue weighted by molar-refractivity contribution is 6.60. The van der Waals surface area contributed by atoms with E-state index in [0.29, 0.717) is 12.1 Å². The van der Waals surface area contributed by atoms with E-state index in [4.69, 9.17) is 4.74 Å². The molecule has 2 aromatic rings. The van der Waals surface area contributed by atoms with Crippen LogP contribution in [0.25, 0.3) is 0 Å². The first-order valence-corrected chi connectivity index (χ1v) is 14.1. The Morgan fingerprint density at radius 3 is 2.30 bits per heavy atom. The minimum Gasteiger partial charge on any atom is -0.381 e. The average molecular weight is 535 g/mol. The highest BCUT2D eigenvalue weighted by Crippen LogP contribution is 2.50. The van der Waals surface area contributed by atoms with Crippen LogP contribution in [-0.2, 0) is 32.8 Å². The van der Waals surface area contributed by atoms with Gasteiger partial charge in [-0.1, -0.05) is 35.5 Å². The number of morpholine rings is 1. The summed E-state index contributed by atoms with van der Waals surface area (Å²) in [5.41, 5.74) is 4.70. The number of ether oxygens (including phenoxy) is 1. The monoisotopic (exact) mass is 536 g/mol. The van der Waals surface area contributed by atoms with Gasteiger partial charge in [-0.25, -0.2) is 0 Å². The first-order valence-electron chi connectivity index (χ1n) is 14.1. The third-order valence-electron chi connectivity index (χ3n) is 9.14. The normalized spacial score (nSPS) is 18.1. The largest absolute Gasteiger partial charge is 0.381 e. The van der Waals surface area contributed by atoms with Crippen molar-refractivity contribution in [3.63, 3.8) is 0 Å². The molecule has 0 spiro atoms. The van der Waals surface area contributed by atoms with Gasteiger partial charge in [-0.05, 0) is 34.0 Å². The maximum absolute atomic E-state index is 14.0. The lowest BCUT2D eigenvalue weighted by molar-refractivity contribution is -0.126. The quantitative estimate of drug-likeness (QED) is 0.239. The molecule has 2 aromatic carbocycles. The van der Waals surface area contributed by atoms with Crippen LogP contribution < -0.4 is 10.6 Å². The summed E-state index contributed by atoms with van der Waals surface area (Å²) in [6.07, 6.45) is 0.878. The minimum atomic E-state index is -0.862. The van der Waals surface area contributed by atoms with E-state index < -0.39 is 21.8 Å². The molecule has 2 aliphatic rings. The number of nitrogens with zero attached hydrogens (tertiary/aromatic N) is 2. The van der Waals surface area contributed by atoms with Gasteiger partial charge in [0.2, 0.25) is 5.91 Å². The zero-order valence-corrected chi connectivity index (χ0v) is 25.0. The van der Waals surface area contributed by atoms with Crippen LogP contribution in [0.15, 0.2) is 42.5 Å². The van der Waals surface area contributed by atoms with E-state index in [1.165, 1.54) is 5.56 Å². The van der Waals surface area contributed by atoms with Crippen LogP contribution in [0.5, 0.6) is 0 Å². The third-order valence-corrected chi connectivity index (χ3v) is 9.14. The molecule has 40 heavy (non-hydrogen) atoms. The molecule has 2 heterocycles. The van der Waals surface area contributed by atoms with E-state index in [-0.39, 0.29) is 11.8 Å². The second-order valence-corrected chi connectivity index (χ2v) is 12.6. The summed E-state index contributed by atoms with van der Waals surface area (Å²) in [6, 6.07) is 13.4. The van der Waals surface area contributed by atoms with Crippen molar-refractivity contribution in [2.45, 2.75) is 34.9 Å². The van der Waals surface area contributed by atoms with Crippen LogP contribution in [0.1, 0.15) is 27.0 Å². The molecule has 0 saturated carbocycles. The van der Waals surface area contributed by atoms with Gasteiger partial charge in [-0.2, -0.15) is 0 Å². The molecule has 2 N–H and O–H groups in total. The number of aldehydes is 1. The van der Waals surface area contributed by atoms with Gasteiger partial charge in [-0.3, -0.25) is 14.5 Å². The fourth-order valence-electron chi connectivity index (χ4n) is 5.87. The van der Waals surface area contributed by atoms with Crippen LogP contribution in [-0.4, -0.2) is 114 Å². The van der Waals surface area contributed by atoms with Crippen LogP contribution in [0.4, 0.5) is 5.69 Å². The lowest BCUT2D eigenvalue weighted by Gasteiger charge is -2.51. The molecule has 0 bridgehead atoms. The first-order chi connectivity index (χ1) is 18.8. The second kappa shape index (κ2) is 11.6. The standard InChI is InChI=1S/C26H38B6N4O4/c1-33-22(38)21(25(29,30)24(27,28)15-37)36-23(39)18-3-2-4-19(20(18)26(36,31)32)34-13-16-5-7-17(8-6-16)14-35-9-11-40-12-10-35/h2-8,15,21,34H,9-14,27-32H2,1H3,(H,33,38). The number of fused-ring (bicyclic) bond motifs is 1. The van der Waals surface area contributed by atoms with E-state index in [9.17, 15) is 14.4 Å². The van der Waals surface area contributed by atoms with Crippen LogP contribution in [0.3, 0.4) is 0 Å². The molecule has 1 saturated heterocycles. The van der Waals surface area contributed by atoms with Crippen LogP contribution in [0.2, 0.25) is 10.4 Å². The highest BCUT2D eigenvalue weighted by Gasteiger charge is 2.56. The molecular formula is C26H38B6N4O4. The van der Waals surface area contributed by atoms with Gasteiger partial charge in [0.05, 0.1) is 13.2 Å². The van der Waals surface area contributed by atoms with Crippen molar-refractivity contribution in [3.05, 3.63) is 64.7 Å². The van der Waals surface area contributed by atoms with Gasteiger partial charge < -0.3 is 25.1 Å². The number of anilines is 1. The summed E-state index contributed by atoms with van der Waals surface area (Å²) in [5.74, 6) is -0.500. The molecular weight excluding hydrogens is 497 g/mol. The molecule has 0 aromatic heterocycles. The Morgan fingerprint density at radius 1 is 1.07 bits per heavy atom. The molecule has 4 rings (SSSR count). The number of amides is 2. The SMILES string of the molecule is BC1(B)c2c(NCc3ccc(CN4CCOCC4)cc3)cccc2C(=O)N1C(C(=O)NC)C(B)(B)C(B)(B)C=O. The molecule has 14 heteroatoms. The Hall–Kier alpha value is -2.84. The van der Waals surface area contributed by atoms with E-state index in [2.05, 4.69) is 39.8 Å². The number of likely N-dealkylation sites (N-methyl/N-ethyl adjacent to an activating group) is 1. The Balaban J connectivity index is 1.59. The summed E-state index contributed by atoms with van der Waals surface area (Å²) in [7, 11) is 12.9. The number of nitrogens with one attached hydrogen (secondary N) is 2. The van der Waals surface area contributed by atoms with E-state index in [0.717, 1.165) is 55.9 Å². The number of rotatable bonds is 10. The zero-order chi connectivity index (χ0) is 29.3. The predicted molar refractivity (Wildman–Crippen MR) is 175 cm³/mol. The summed E-state index contributed by atoms with van der Waals surface area (Å²) in [4.78, 5) is 43.6. The fourth-order valence-corrected chi connectivity index (χ4v) is 5.87. The lowest BCUT2D eigenvalue weighted by atomic mass is 9.28. The number of hydrogen-bond donors (Lipinski definition) is 2. The lowest BCUT2D eigenvalue weighted by Crippen LogP contribution is -2.63. The van der Waals surface area contributed by atoms with Gasteiger partial charge in [0.15, 0.2) is 0 Å². The number of hydrogen-bond acceptors (Lipinski definition) is 6. The number of carbonyl (C=O) groups excluding carboxylic acids is 3. The molecule has 2 aliphatic heterocycles. The summed E-state index contributed by atoms with van der Waals surface area (Å²) < 4.78 is 5.45. The third kappa shape index (κ3) is 5.53. The summed E-state index contributed by atoms with van der Waals surface area (Å²) in [5, 5.41) is 3.80. The van der Waals surface area contributed by atoms with Crippen molar-refractivity contribution >= 4 is 70.9 Å². The smallest absolute Gasteiger partial charge is 0.254 e. The van der Waals surface area contributed by atoms with Gasteiger partial charge in [-0.15, -0.1) is 0 Å². The van der Waals surface area contributed by atoms with Gasteiger partial charge >= 0.3 is 0 Å². The molecule has 1 atom stereocenters. The van der Waals surface area contributed by atoms with E-state index in [1.807, 2.05) is 65.3 Å². The van der Waals surface area contributed by atoms with E-state index in [1.54, 1.807) is 11.9 Å². The summed E-state index contributed by atoms with van der Waals surface area (Å²) >= 11 is 0. The molecule has 204 valence electrons. The van der Waals surface area contributed by atoms with Crippen molar-refractivity contribution in [3.8, 4) is 0 Å². The Morgan fingerprint density at radius 2 is 1.70 bits per heavy atom. The predicted octanol–water partition coefficient (Wildman–Crippen LogP) is -3.96. The van der Waals surface area contributed by atoms with Crippen molar-refractivity contribution < 1.29 is 19.1 Å². The van der Waals surface area contributed by atoms with Gasteiger partial charge in [0.25, 0.3) is 5.91 Å². The van der Waals surface area contributed by atoms with Gasteiger partial charge in [0, 0.05) is 49.8 Å². The highest BCUT2D eigenvalue weighted by atomic mass is 16.5. The van der Waals surface area contributed by atoms with Crippen LogP contribution in [0, 0.1) is 0 Å². The van der Waals surface area contributed by atoms with Crippen molar-refractivity contribution in [1.29, 1.82) is 0 Å². The number of carbonyl (C=O) groups is 3. The molecule has 1 unspecified atom stereocenters. The average Bonchev–Trinajstić information content (AvgIpc) is 3.14. The summed E-state index contributed by atoms with van der Waals surface area (Å²) in [6.45, 7) is 5.00. The van der Waals surface area contributed by atoms with E-state index >= 15 is 0 Å². The first kappa shape index (κ1) is 30.1. The Labute approximate surface area is 243 Å². The Kier molecular flexibility index (Phi) is 8.71. The molecule has 2 amide bonds. The van der Waals surface area contributed by atoms with Crippen LogP contribution >= 0.6 is 0 Å². The molecule has 8 nitrogen and oxygen atoms in total. The van der Waals surface area contributed by atoms with Crippen molar-refractivity contribution in [2.24, 2.45) is 0 Å². The molecule has 0 radical (unpaired) electrons. The zero-order valence-electron chi connectivity index (χ0n) is 25.0. The molecule has 0 aliphatic carbocycles. The second-order valence-electron chi connectivity index (χ2n) is 12.6. The number of benzene rings is 2. The maximum atomic E-state index is 14.0. The Bertz CT molecular complexity index is 1270. The maximum Gasteiger partial charge on any atom is 0.254 e. The van der Waals surface area contributed by atoms with Crippen molar-refractivity contribution in [2.75, 3.05) is 38.7 Å². The van der Waals surface area contributed by atoms with Crippen molar-refractivity contribution in [1.82, 2.24) is 15.1 Å². The minimum absolute atomic E-state index is 0.209. The fraction of sp³-hybridized carbons (Fsp3) is 0.423. The van der Waals surface area contributed by atoms with Gasteiger partial charge in [0.1, 0.15) is 59.4 Å².